The molecule has 2 aromatic rings. The lowest BCUT2D eigenvalue weighted by atomic mass is 10.1. The molecule has 0 unspecified atom stereocenters. The number of carbonyl (C=O) groups is 2. The normalized spacial score (nSPS) is 10.8. The Labute approximate surface area is 225 Å². The highest BCUT2D eigenvalue weighted by molar-refractivity contribution is 7.99. The van der Waals surface area contributed by atoms with Crippen LogP contribution in [0.1, 0.15) is 85.9 Å². The first kappa shape index (κ1) is 30.1. The lowest BCUT2D eigenvalue weighted by molar-refractivity contribution is 0.0954. The molecule has 0 fully saturated rings. The molecule has 0 aliphatic carbocycles. The third-order valence-electron chi connectivity index (χ3n) is 5.76. The summed E-state index contributed by atoms with van der Waals surface area (Å²) in [7, 11) is 0. The molecule has 0 aromatic heterocycles. The van der Waals surface area contributed by atoms with E-state index in [2.05, 4.69) is 24.5 Å². The van der Waals surface area contributed by atoms with Crippen molar-refractivity contribution in [2.45, 2.75) is 70.1 Å². The van der Waals surface area contributed by atoms with Crippen molar-refractivity contribution in [3.63, 3.8) is 0 Å². The zero-order valence-electron chi connectivity index (χ0n) is 22.1. The quantitative estimate of drug-likeness (QED) is 0.153. The Morgan fingerprint density at radius 2 is 1.50 bits per heavy atom. The van der Waals surface area contributed by atoms with Crippen molar-refractivity contribution in [2.24, 2.45) is 0 Å². The summed E-state index contributed by atoms with van der Waals surface area (Å²) in [6, 6.07) is 12.7. The molecule has 0 bridgehead atoms. The first-order chi connectivity index (χ1) is 17.6. The Morgan fingerprint density at radius 3 is 2.17 bits per heavy atom. The molecule has 0 spiro atoms. The molecule has 198 valence electrons. The Hall–Kier alpha value is -2.12. The second kappa shape index (κ2) is 18.2. The minimum Gasteiger partial charge on any atom is -0.494 e. The van der Waals surface area contributed by atoms with Gasteiger partial charge in [-0.3, -0.25) is 9.59 Å². The van der Waals surface area contributed by atoms with Gasteiger partial charge in [-0.05, 0) is 60.9 Å². The molecular formula is C29H42N2O3S2. The van der Waals surface area contributed by atoms with Crippen LogP contribution < -0.4 is 15.4 Å². The van der Waals surface area contributed by atoms with Crippen LogP contribution in [-0.4, -0.2) is 42.7 Å². The minimum atomic E-state index is -0.206. The van der Waals surface area contributed by atoms with Crippen LogP contribution in [0.2, 0.25) is 0 Å². The van der Waals surface area contributed by atoms with Crippen molar-refractivity contribution in [3.05, 3.63) is 53.6 Å². The average Bonchev–Trinajstić information content (AvgIpc) is 2.89. The number of rotatable bonds is 18. The van der Waals surface area contributed by atoms with Crippen molar-refractivity contribution < 1.29 is 14.3 Å². The second-order valence-corrected chi connectivity index (χ2v) is 11.0. The fourth-order valence-corrected chi connectivity index (χ4v) is 4.79. The van der Waals surface area contributed by atoms with Crippen LogP contribution in [0.25, 0.3) is 0 Å². The molecule has 0 aliphatic rings. The van der Waals surface area contributed by atoms with Crippen molar-refractivity contribution in [3.8, 4) is 5.75 Å². The highest BCUT2D eigenvalue weighted by Gasteiger charge is 2.13. The second-order valence-electron chi connectivity index (χ2n) is 8.69. The fourth-order valence-electron chi connectivity index (χ4n) is 3.74. The van der Waals surface area contributed by atoms with Gasteiger partial charge in [0.2, 0.25) is 0 Å². The van der Waals surface area contributed by atoms with E-state index in [1.54, 1.807) is 47.8 Å². The third-order valence-corrected chi connectivity index (χ3v) is 7.33. The average molecular weight is 531 g/mol. The number of benzene rings is 2. The summed E-state index contributed by atoms with van der Waals surface area (Å²) in [6.45, 7) is 5.62. The molecule has 2 amide bonds. The highest BCUT2D eigenvalue weighted by Crippen LogP contribution is 2.29. The van der Waals surface area contributed by atoms with E-state index in [-0.39, 0.29) is 11.8 Å². The number of anilines is 1. The Bertz CT molecular complexity index is 919. The molecular weight excluding hydrogens is 488 g/mol. The van der Waals surface area contributed by atoms with Crippen LogP contribution in [0.15, 0.2) is 47.4 Å². The van der Waals surface area contributed by atoms with Crippen LogP contribution in [0.4, 0.5) is 5.69 Å². The van der Waals surface area contributed by atoms with Crippen LogP contribution in [0.5, 0.6) is 5.75 Å². The number of ether oxygens (including phenoxy) is 1. The van der Waals surface area contributed by atoms with E-state index in [0.29, 0.717) is 30.0 Å². The van der Waals surface area contributed by atoms with Gasteiger partial charge in [0.1, 0.15) is 5.75 Å². The topological polar surface area (TPSA) is 67.4 Å². The zero-order valence-corrected chi connectivity index (χ0v) is 23.7. The van der Waals surface area contributed by atoms with E-state index < -0.39 is 0 Å². The predicted molar refractivity (Wildman–Crippen MR) is 156 cm³/mol. The summed E-state index contributed by atoms with van der Waals surface area (Å²) in [5.74, 6) is 2.17. The monoisotopic (exact) mass is 530 g/mol. The molecule has 2 aromatic carbocycles. The first-order valence-electron chi connectivity index (χ1n) is 13.2. The number of hydrogen-bond donors (Lipinski definition) is 2. The summed E-state index contributed by atoms with van der Waals surface area (Å²) in [6.07, 6.45) is 12.2. The largest absolute Gasteiger partial charge is 0.494 e. The third kappa shape index (κ3) is 11.3. The maximum Gasteiger partial charge on any atom is 0.255 e. The Kier molecular flexibility index (Phi) is 15.2. The summed E-state index contributed by atoms with van der Waals surface area (Å²) in [5.41, 5.74) is 1.74. The molecule has 2 N–H and O–H groups in total. The number of hydrogen-bond acceptors (Lipinski definition) is 5. The van der Waals surface area contributed by atoms with Crippen LogP contribution >= 0.6 is 23.5 Å². The van der Waals surface area contributed by atoms with E-state index in [9.17, 15) is 9.59 Å². The molecule has 0 saturated heterocycles. The molecule has 0 atom stereocenters. The van der Waals surface area contributed by atoms with E-state index in [0.717, 1.165) is 28.6 Å². The van der Waals surface area contributed by atoms with Gasteiger partial charge in [-0.2, -0.15) is 11.8 Å². The highest BCUT2D eigenvalue weighted by atomic mass is 32.2. The van der Waals surface area contributed by atoms with Crippen molar-refractivity contribution in [1.82, 2.24) is 5.32 Å². The molecule has 0 radical (unpaired) electrons. The smallest absolute Gasteiger partial charge is 0.255 e. The SMILES string of the molecule is CCCCCCCCCCOc1ccc(C(=O)Nc2cc(C(=O)NCCSC)ccc2SCC)cc1. The van der Waals surface area contributed by atoms with Gasteiger partial charge >= 0.3 is 0 Å². The molecule has 0 heterocycles. The van der Waals surface area contributed by atoms with Gasteiger partial charge in [0.25, 0.3) is 11.8 Å². The number of carbonyl (C=O) groups excluding carboxylic acids is 2. The van der Waals surface area contributed by atoms with Crippen molar-refractivity contribution in [2.75, 3.05) is 36.2 Å². The Balaban J connectivity index is 1.87. The number of unbranched alkanes of at least 4 members (excludes halogenated alkanes) is 7. The van der Waals surface area contributed by atoms with E-state index >= 15 is 0 Å². The van der Waals surface area contributed by atoms with Gasteiger partial charge in [0.05, 0.1) is 12.3 Å². The summed E-state index contributed by atoms with van der Waals surface area (Å²) < 4.78 is 5.86. The lowest BCUT2D eigenvalue weighted by Crippen LogP contribution is -2.25. The standard InChI is InChI=1S/C29H42N2O3S2/c1-4-6-7-8-9-10-11-12-20-34-25-16-13-23(14-17-25)29(33)31-26-22-24(15-18-27(26)36-5-2)28(32)30-19-21-35-3/h13-18,22H,4-12,19-21H2,1-3H3,(H,30,32)(H,31,33). The van der Waals surface area contributed by atoms with Gasteiger partial charge in [-0.25, -0.2) is 0 Å². The molecule has 0 saturated carbocycles. The molecule has 5 nitrogen and oxygen atoms in total. The maximum atomic E-state index is 12.9. The first-order valence-corrected chi connectivity index (χ1v) is 15.5. The summed E-state index contributed by atoms with van der Waals surface area (Å²) >= 11 is 3.32. The molecule has 36 heavy (non-hydrogen) atoms. The zero-order chi connectivity index (χ0) is 26.0. The molecule has 0 aliphatic heterocycles. The van der Waals surface area contributed by atoms with Gasteiger partial charge in [-0.1, -0.05) is 58.8 Å². The van der Waals surface area contributed by atoms with Gasteiger partial charge in [0, 0.05) is 28.3 Å². The number of thioether (sulfide) groups is 2. The van der Waals surface area contributed by atoms with Crippen LogP contribution in [-0.2, 0) is 0 Å². The summed E-state index contributed by atoms with van der Waals surface area (Å²) in [4.78, 5) is 26.4. The molecule has 7 heteroatoms. The maximum absolute atomic E-state index is 12.9. The van der Waals surface area contributed by atoms with E-state index in [1.807, 2.05) is 24.5 Å². The van der Waals surface area contributed by atoms with Gasteiger partial charge in [0.15, 0.2) is 0 Å². The van der Waals surface area contributed by atoms with Crippen molar-refractivity contribution in [1.29, 1.82) is 0 Å². The number of nitrogens with one attached hydrogen (secondary N) is 2. The van der Waals surface area contributed by atoms with Crippen molar-refractivity contribution >= 4 is 41.0 Å². The van der Waals surface area contributed by atoms with Gasteiger partial charge in [-0.15, -0.1) is 11.8 Å². The minimum absolute atomic E-state index is 0.134. The lowest BCUT2D eigenvalue weighted by Gasteiger charge is -2.13. The van der Waals surface area contributed by atoms with Gasteiger partial charge < -0.3 is 15.4 Å². The van der Waals surface area contributed by atoms with Crippen LogP contribution in [0, 0.1) is 0 Å². The van der Waals surface area contributed by atoms with E-state index in [4.69, 9.17) is 4.74 Å². The summed E-state index contributed by atoms with van der Waals surface area (Å²) in [5, 5.41) is 5.91. The van der Waals surface area contributed by atoms with E-state index in [1.165, 1.54) is 44.9 Å². The fraction of sp³-hybridized carbons (Fsp3) is 0.517. The molecule has 2 rings (SSSR count). The number of amides is 2. The Morgan fingerprint density at radius 1 is 0.833 bits per heavy atom. The predicted octanol–water partition coefficient (Wildman–Crippen LogP) is 7.66. The van der Waals surface area contributed by atoms with Crippen LogP contribution in [0.3, 0.4) is 0 Å².